The van der Waals surface area contributed by atoms with Crippen LogP contribution >= 0.6 is 11.3 Å². The molecule has 2 rings (SSSR count). The van der Waals surface area contributed by atoms with Crippen LogP contribution in [0.1, 0.15) is 30.0 Å². The van der Waals surface area contributed by atoms with E-state index in [0.717, 1.165) is 17.0 Å². The zero-order valence-corrected chi connectivity index (χ0v) is 11.0. The molecule has 1 atom stereocenters. The molecule has 90 valence electrons. The van der Waals surface area contributed by atoms with Gasteiger partial charge in [0.2, 0.25) is 0 Å². The number of aromatic nitrogens is 1. The molecule has 1 unspecified atom stereocenters. The minimum absolute atomic E-state index is 0.553. The summed E-state index contributed by atoms with van der Waals surface area (Å²) < 4.78 is 0. The molecule has 2 aromatic rings. The predicted octanol–water partition coefficient (Wildman–Crippen LogP) is 3.16. The van der Waals surface area contributed by atoms with Crippen LogP contribution in [0.4, 0.5) is 0 Å². The Morgan fingerprint density at radius 3 is 2.71 bits per heavy atom. The van der Waals surface area contributed by atoms with Gasteiger partial charge in [-0.05, 0) is 36.4 Å². The van der Waals surface area contributed by atoms with Gasteiger partial charge in [-0.1, -0.05) is 19.1 Å². The van der Waals surface area contributed by atoms with Gasteiger partial charge in [0.05, 0.1) is 0 Å². The first-order valence-electron chi connectivity index (χ1n) is 5.82. The summed E-state index contributed by atoms with van der Waals surface area (Å²) in [6.07, 6.45) is 3.44. The number of hydrogen-bond acceptors (Lipinski definition) is 3. The summed E-state index contributed by atoms with van der Waals surface area (Å²) in [5.41, 5.74) is 1.33. The van der Waals surface area contributed by atoms with Crippen molar-refractivity contribution in [1.82, 2.24) is 4.98 Å². The molecule has 2 heterocycles. The minimum atomic E-state index is -0.825. The fourth-order valence-corrected chi connectivity index (χ4v) is 2.58. The van der Waals surface area contributed by atoms with Gasteiger partial charge < -0.3 is 5.11 Å². The standard InChI is InChI=1S/C14H17NOS/c1-3-11-6-7-12(15-10-11)9-14(2,16)13-5-4-8-17-13/h4-8,10,16H,3,9H2,1-2H3. The molecule has 2 aromatic heterocycles. The van der Waals surface area contributed by atoms with Gasteiger partial charge in [0.15, 0.2) is 0 Å². The van der Waals surface area contributed by atoms with E-state index < -0.39 is 5.60 Å². The van der Waals surface area contributed by atoms with Crippen LogP contribution in [0, 0.1) is 0 Å². The smallest absolute Gasteiger partial charge is 0.101 e. The maximum absolute atomic E-state index is 10.4. The Kier molecular flexibility index (Phi) is 3.60. The van der Waals surface area contributed by atoms with E-state index in [1.165, 1.54) is 5.56 Å². The molecule has 0 saturated heterocycles. The number of aliphatic hydroxyl groups is 1. The molecular formula is C14H17NOS. The van der Waals surface area contributed by atoms with Gasteiger partial charge >= 0.3 is 0 Å². The van der Waals surface area contributed by atoms with Gasteiger partial charge in [0.25, 0.3) is 0 Å². The number of hydrogen-bond donors (Lipinski definition) is 1. The highest BCUT2D eigenvalue weighted by Crippen LogP contribution is 2.28. The van der Waals surface area contributed by atoms with E-state index in [4.69, 9.17) is 0 Å². The average Bonchev–Trinajstić information content (AvgIpc) is 2.84. The van der Waals surface area contributed by atoms with Crippen molar-refractivity contribution < 1.29 is 5.11 Å². The number of pyridine rings is 1. The Bertz CT molecular complexity index is 459. The summed E-state index contributed by atoms with van der Waals surface area (Å²) in [7, 11) is 0. The van der Waals surface area contributed by atoms with Gasteiger partial charge in [-0.3, -0.25) is 4.98 Å². The molecular weight excluding hydrogens is 230 g/mol. The Hall–Kier alpha value is -1.19. The van der Waals surface area contributed by atoms with Crippen LogP contribution in [0.3, 0.4) is 0 Å². The average molecular weight is 247 g/mol. The van der Waals surface area contributed by atoms with Crippen molar-refractivity contribution in [3.05, 3.63) is 52.0 Å². The van der Waals surface area contributed by atoms with Gasteiger partial charge in [-0.2, -0.15) is 0 Å². The van der Waals surface area contributed by atoms with Crippen LogP contribution in [0.5, 0.6) is 0 Å². The topological polar surface area (TPSA) is 33.1 Å². The van der Waals surface area contributed by atoms with Gasteiger partial charge in [0, 0.05) is 23.2 Å². The number of thiophene rings is 1. The summed E-state index contributed by atoms with van der Waals surface area (Å²) in [4.78, 5) is 5.37. The molecule has 0 aliphatic carbocycles. The molecule has 3 heteroatoms. The Labute approximate surface area is 106 Å². The summed E-state index contributed by atoms with van der Waals surface area (Å²) >= 11 is 1.58. The van der Waals surface area contributed by atoms with Crippen molar-refractivity contribution in [3.63, 3.8) is 0 Å². The monoisotopic (exact) mass is 247 g/mol. The van der Waals surface area contributed by atoms with Crippen molar-refractivity contribution in [3.8, 4) is 0 Å². The fourth-order valence-electron chi connectivity index (χ4n) is 1.79. The molecule has 0 aromatic carbocycles. The first-order chi connectivity index (χ1) is 8.12. The quantitative estimate of drug-likeness (QED) is 0.900. The summed E-state index contributed by atoms with van der Waals surface area (Å²) in [5, 5.41) is 12.4. The minimum Gasteiger partial charge on any atom is -0.384 e. The lowest BCUT2D eigenvalue weighted by molar-refractivity contribution is 0.0604. The molecule has 0 amide bonds. The van der Waals surface area contributed by atoms with E-state index in [-0.39, 0.29) is 0 Å². The molecule has 1 N–H and O–H groups in total. The molecule has 0 aliphatic heterocycles. The van der Waals surface area contributed by atoms with Crippen LogP contribution in [-0.2, 0) is 18.4 Å². The highest BCUT2D eigenvalue weighted by atomic mass is 32.1. The van der Waals surface area contributed by atoms with Crippen LogP contribution < -0.4 is 0 Å². The number of aryl methyl sites for hydroxylation is 1. The zero-order chi connectivity index (χ0) is 12.3. The molecule has 17 heavy (non-hydrogen) atoms. The van der Waals surface area contributed by atoms with Crippen LogP contribution in [-0.4, -0.2) is 10.1 Å². The van der Waals surface area contributed by atoms with E-state index in [9.17, 15) is 5.11 Å². The second kappa shape index (κ2) is 4.98. The lowest BCUT2D eigenvalue weighted by Crippen LogP contribution is -2.23. The molecule has 0 aliphatic rings. The van der Waals surface area contributed by atoms with Crippen molar-refractivity contribution >= 4 is 11.3 Å². The van der Waals surface area contributed by atoms with Crippen molar-refractivity contribution in [2.45, 2.75) is 32.3 Å². The highest BCUT2D eigenvalue weighted by Gasteiger charge is 2.25. The first-order valence-corrected chi connectivity index (χ1v) is 6.70. The molecule has 0 fully saturated rings. The maximum atomic E-state index is 10.4. The van der Waals surface area contributed by atoms with Crippen LogP contribution in [0.15, 0.2) is 35.8 Å². The SMILES string of the molecule is CCc1ccc(CC(C)(O)c2cccs2)nc1. The van der Waals surface area contributed by atoms with E-state index in [1.807, 2.05) is 36.7 Å². The first kappa shape index (κ1) is 12.3. The third-order valence-corrected chi connectivity index (χ3v) is 3.99. The Morgan fingerprint density at radius 1 is 1.35 bits per heavy atom. The molecule has 0 spiro atoms. The zero-order valence-electron chi connectivity index (χ0n) is 10.2. The van der Waals surface area contributed by atoms with Crippen molar-refractivity contribution in [2.75, 3.05) is 0 Å². The second-order valence-corrected chi connectivity index (χ2v) is 5.39. The molecule has 2 nitrogen and oxygen atoms in total. The van der Waals surface area contributed by atoms with E-state index in [0.29, 0.717) is 6.42 Å². The fraction of sp³-hybridized carbons (Fsp3) is 0.357. The lowest BCUT2D eigenvalue weighted by atomic mass is 9.97. The van der Waals surface area contributed by atoms with Crippen molar-refractivity contribution in [1.29, 1.82) is 0 Å². The number of rotatable bonds is 4. The summed E-state index contributed by atoms with van der Waals surface area (Å²) in [6, 6.07) is 8.00. The van der Waals surface area contributed by atoms with Crippen LogP contribution in [0.2, 0.25) is 0 Å². The largest absolute Gasteiger partial charge is 0.384 e. The summed E-state index contributed by atoms with van der Waals surface area (Å²) in [6.45, 7) is 3.95. The Morgan fingerprint density at radius 2 is 2.18 bits per heavy atom. The van der Waals surface area contributed by atoms with Gasteiger partial charge in [-0.25, -0.2) is 0 Å². The van der Waals surface area contributed by atoms with Crippen LogP contribution in [0.25, 0.3) is 0 Å². The third kappa shape index (κ3) is 2.93. The highest BCUT2D eigenvalue weighted by molar-refractivity contribution is 7.10. The summed E-state index contributed by atoms with van der Waals surface area (Å²) in [5.74, 6) is 0. The van der Waals surface area contributed by atoms with Gasteiger partial charge in [0.1, 0.15) is 5.60 Å². The third-order valence-electron chi connectivity index (χ3n) is 2.87. The predicted molar refractivity (Wildman–Crippen MR) is 71.2 cm³/mol. The molecule has 0 saturated carbocycles. The van der Waals surface area contributed by atoms with E-state index >= 15 is 0 Å². The van der Waals surface area contributed by atoms with Gasteiger partial charge in [-0.15, -0.1) is 11.3 Å². The Balaban J connectivity index is 2.14. The lowest BCUT2D eigenvalue weighted by Gasteiger charge is -2.21. The van der Waals surface area contributed by atoms with E-state index in [1.54, 1.807) is 11.3 Å². The number of nitrogens with zero attached hydrogens (tertiary/aromatic N) is 1. The van der Waals surface area contributed by atoms with Crippen molar-refractivity contribution in [2.24, 2.45) is 0 Å². The molecule has 0 radical (unpaired) electrons. The van der Waals surface area contributed by atoms with E-state index in [2.05, 4.69) is 18.0 Å². The second-order valence-electron chi connectivity index (χ2n) is 4.44. The molecule has 0 bridgehead atoms. The normalized spacial score (nSPS) is 14.5. The maximum Gasteiger partial charge on any atom is 0.101 e.